The summed E-state index contributed by atoms with van der Waals surface area (Å²) in [6.45, 7) is 12.5. The van der Waals surface area contributed by atoms with Crippen molar-refractivity contribution in [3.8, 4) is 11.5 Å². The Bertz CT molecular complexity index is 939. The zero-order valence-corrected chi connectivity index (χ0v) is 20.4. The highest BCUT2D eigenvalue weighted by molar-refractivity contribution is 7.99. The summed E-state index contributed by atoms with van der Waals surface area (Å²) in [5, 5.41) is 13.8. The van der Waals surface area contributed by atoms with E-state index < -0.39 is 0 Å². The molecule has 0 radical (unpaired) electrons. The van der Waals surface area contributed by atoms with Crippen LogP contribution in [0.4, 0.5) is 11.4 Å². The van der Waals surface area contributed by atoms with Crippen molar-refractivity contribution in [3.05, 3.63) is 71.8 Å². The number of benzene rings is 3. The first-order chi connectivity index (χ1) is 14.5. The molecule has 4 heteroatoms. The Hall–Kier alpha value is -2.59. The zero-order chi connectivity index (χ0) is 22.8. The van der Waals surface area contributed by atoms with Crippen molar-refractivity contribution >= 4 is 23.1 Å². The van der Waals surface area contributed by atoms with Gasteiger partial charge in [0.05, 0.1) is 18.5 Å². The second-order valence-electron chi connectivity index (χ2n) is 9.79. The zero-order valence-electron chi connectivity index (χ0n) is 19.5. The molecule has 4 rings (SSSR count). The van der Waals surface area contributed by atoms with E-state index in [1.807, 2.05) is 23.9 Å². The minimum absolute atomic E-state index is 0.0986. The van der Waals surface area contributed by atoms with Crippen LogP contribution < -0.4 is 10.1 Å². The van der Waals surface area contributed by atoms with E-state index in [2.05, 4.69) is 95.4 Å². The van der Waals surface area contributed by atoms with E-state index in [9.17, 15) is 5.11 Å². The van der Waals surface area contributed by atoms with Crippen LogP contribution in [-0.4, -0.2) is 12.2 Å². The molecule has 0 aliphatic carbocycles. The van der Waals surface area contributed by atoms with Crippen LogP contribution in [0, 0.1) is 0 Å². The molecule has 164 valence electrons. The molecule has 3 nitrogen and oxygen atoms in total. The smallest absolute Gasteiger partial charge is 0.123 e. The number of phenolic OH excluding ortho intramolecular Hbond substituents is 1. The number of methoxy groups -OCH3 is 1. The Labute approximate surface area is 190 Å². The molecule has 0 aromatic heterocycles. The molecule has 3 aromatic rings. The standard InChI is InChI=1S/C15H24O2.C12H9NS/c1-14(2,3)11-8-10(17-7)9-12(13(11)16)15(4,5)6;1-3-7-11-9(5-1)13-10-6-2-4-8-12(10)14-11/h8-9,16H,1-7H3;1-8,13H. The van der Waals surface area contributed by atoms with E-state index in [0.29, 0.717) is 5.75 Å². The van der Waals surface area contributed by atoms with Crippen molar-refractivity contribution in [1.82, 2.24) is 0 Å². The maximum atomic E-state index is 10.4. The highest BCUT2D eigenvalue weighted by Crippen LogP contribution is 2.43. The molecule has 3 aromatic carbocycles. The minimum Gasteiger partial charge on any atom is -0.507 e. The summed E-state index contributed by atoms with van der Waals surface area (Å²) >= 11 is 1.82. The van der Waals surface area contributed by atoms with Crippen molar-refractivity contribution in [2.75, 3.05) is 12.4 Å². The molecular formula is C27H33NO2S. The van der Waals surface area contributed by atoms with Gasteiger partial charge in [-0.3, -0.25) is 0 Å². The summed E-state index contributed by atoms with van der Waals surface area (Å²) < 4.78 is 5.33. The molecule has 31 heavy (non-hydrogen) atoms. The number of hydrogen-bond acceptors (Lipinski definition) is 4. The van der Waals surface area contributed by atoms with Gasteiger partial charge >= 0.3 is 0 Å². The van der Waals surface area contributed by atoms with Gasteiger partial charge in [0.15, 0.2) is 0 Å². The Kier molecular flexibility index (Phi) is 6.61. The quantitative estimate of drug-likeness (QED) is 0.319. The van der Waals surface area contributed by atoms with Crippen LogP contribution in [0.5, 0.6) is 11.5 Å². The van der Waals surface area contributed by atoms with Gasteiger partial charge in [0, 0.05) is 20.9 Å². The number of hydrogen-bond donors (Lipinski definition) is 2. The van der Waals surface area contributed by atoms with Crippen molar-refractivity contribution < 1.29 is 9.84 Å². The van der Waals surface area contributed by atoms with Crippen LogP contribution in [0.25, 0.3) is 0 Å². The van der Waals surface area contributed by atoms with Crippen LogP contribution in [0.15, 0.2) is 70.5 Å². The summed E-state index contributed by atoms with van der Waals surface area (Å²) in [5.74, 6) is 1.20. The molecule has 1 aliphatic heterocycles. The molecule has 1 aliphatic rings. The van der Waals surface area contributed by atoms with Crippen LogP contribution in [0.3, 0.4) is 0 Å². The van der Waals surface area contributed by atoms with Gasteiger partial charge in [0.1, 0.15) is 11.5 Å². The summed E-state index contributed by atoms with van der Waals surface area (Å²) in [5.41, 5.74) is 4.08. The lowest BCUT2D eigenvalue weighted by Gasteiger charge is -2.27. The largest absolute Gasteiger partial charge is 0.507 e. The maximum Gasteiger partial charge on any atom is 0.123 e. The molecule has 0 amide bonds. The van der Waals surface area contributed by atoms with Crippen LogP contribution in [0.2, 0.25) is 0 Å². The predicted octanol–water partition coefficient (Wildman–Crippen LogP) is 7.89. The first kappa shape index (κ1) is 23.1. The average molecular weight is 436 g/mol. The third kappa shape index (κ3) is 5.37. The topological polar surface area (TPSA) is 41.5 Å². The third-order valence-electron chi connectivity index (χ3n) is 5.20. The molecule has 0 bridgehead atoms. The SMILES string of the molecule is COc1cc(C(C)(C)C)c(O)c(C(C)(C)C)c1.c1ccc2c(c1)Nc1ccccc1S2. The molecule has 1 heterocycles. The number of anilines is 2. The molecule has 0 saturated carbocycles. The van der Waals surface area contributed by atoms with E-state index in [-0.39, 0.29) is 10.8 Å². The first-order valence-electron chi connectivity index (χ1n) is 10.6. The summed E-state index contributed by atoms with van der Waals surface area (Å²) in [6, 6.07) is 20.6. The Morgan fingerprint density at radius 2 is 1.16 bits per heavy atom. The lowest BCUT2D eigenvalue weighted by atomic mass is 9.79. The fourth-order valence-corrected chi connectivity index (χ4v) is 4.44. The second kappa shape index (κ2) is 8.88. The van der Waals surface area contributed by atoms with Crippen molar-refractivity contribution in [2.24, 2.45) is 0 Å². The number of aromatic hydroxyl groups is 1. The van der Waals surface area contributed by atoms with Gasteiger partial charge < -0.3 is 15.2 Å². The van der Waals surface area contributed by atoms with Crippen molar-refractivity contribution in [3.63, 3.8) is 0 Å². The average Bonchev–Trinajstić information content (AvgIpc) is 2.71. The molecule has 0 atom stereocenters. The number of phenols is 1. The van der Waals surface area contributed by atoms with Gasteiger partial charge in [0.25, 0.3) is 0 Å². The second-order valence-corrected chi connectivity index (χ2v) is 10.9. The van der Waals surface area contributed by atoms with Crippen LogP contribution >= 0.6 is 11.8 Å². The predicted molar refractivity (Wildman–Crippen MR) is 132 cm³/mol. The van der Waals surface area contributed by atoms with Crippen molar-refractivity contribution in [2.45, 2.75) is 62.2 Å². The highest BCUT2D eigenvalue weighted by atomic mass is 32.2. The van der Waals surface area contributed by atoms with Gasteiger partial charge in [-0.2, -0.15) is 0 Å². The molecule has 0 saturated heterocycles. The lowest BCUT2D eigenvalue weighted by molar-refractivity contribution is 0.395. The Balaban J connectivity index is 0.000000178. The molecule has 0 unspecified atom stereocenters. The number of ether oxygens (including phenoxy) is 1. The monoisotopic (exact) mass is 435 g/mol. The summed E-state index contributed by atoms with van der Waals surface area (Å²) in [4.78, 5) is 2.59. The first-order valence-corrected chi connectivity index (χ1v) is 11.4. The fraction of sp³-hybridized carbons (Fsp3) is 0.333. The fourth-order valence-electron chi connectivity index (χ4n) is 3.45. The summed E-state index contributed by atoms with van der Waals surface area (Å²) in [7, 11) is 1.66. The van der Waals surface area contributed by atoms with Gasteiger partial charge in [-0.05, 0) is 47.2 Å². The summed E-state index contributed by atoms with van der Waals surface area (Å²) in [6.07, 6.45) is 0. The number of nitrogens with one attached hydrogen (secondary N) is 1. The van der Waals surface area contributed by atoms with Gasteiger partial charge in [0.2, 0.25) is 0 Å². The highest BCUT2D eigenvalue weighted by Gasteiger charge is 2.26. The van der Waals surface area contributed by atoms with Crippen LogP contribution in [0.1, 0.15) is 52.7 Å². The Morgan fingerprint density at radius 1 is 0.742 bits per heavy atom. The molecule has 2 N–H and O–H groups in total. The third-order valence-corrected chi connectivity index (χ3v) is 6.35. The Morgan fingerprint density at radius 3 is 1.55 bits per heavy atom. The van der Waals surface area contributed by atoms with Gasteiger partial charge in [-0.1, -0.05) is 77.6 Å². The van der Waals surface area contributed by atoms with Gasteiger partial charge in [-0.25, -0.2) is 0 Å². The van der Waals surface area contributed by atoms with E-state index in [0.717, 1.165) is 16.9 Å². The lowest BCUT2D eigenvalue weighted by Crippen LogP contribution is -2.17. The van der Waals surface area contributed by atoms with E-state index in [1.165, 1.54) is 21.2 Å². The van der Waals surface area contributed by atoms with E-state index in [1.54, 1.807) is 7.11 Å². The number of rotatable bonds is 1. The van der Waals surface area contributed by atoms with Gasteiger partial charge in [-0.15, -0.1) is 0 Å². The van der Waals surface area contributed by atoms with E-state index in [4.69, 9.17) is 4.74 Å². The molecule has 0 fully saturated rings. The normalized spacial score (nSPS) is 12.6. The molecule has 0 spiro atoms. The number of para-hydroxylation sites is 2. The van der Waals surface area contributed by atoms with E-state index >= 15 is 0 Å². The molecular weight excluding hydrogens is 402 g/mol. The van der Waals surface area contributed by atoms with Crippen molar-refractivity contribution in [1.29, 1.82) is 0 Å². The number of fused-ring (bicyclic) bond motifs is 2. The minimum atomic E-state index is -0.0986. The van der Waals surface area contributed by atoms with Crippen LogP contribution in [-0.2, 0) is 10.8 Å². The maximum absolute atomic E-state index is 10.4.